The molecule has 1 aliphatic rings. The molecule has 0 radical (unpaired) electrons. The van der Waals surface area contributed by atoms with Gasteiger partial charge in [0.1, 0.15) is 18.4 Å². The second kappa shape index (κ2) is 12.9. The smallest absolute Gasteiger partial charge is 0.480 e. The van der Waals surface area contributed by atoms with Crippen molar-refractivity contribution >= 4 is 48.9 Å². The van der Waals surface area contributed by atoms with E-state index in [4.69, 9.17) is 14.2 Å². The molecule has 40 heavy (non-hydrogen) atoms. The number of halogens is 1. The largest absolute Gasteiger partial charge is 0.513 e. The first-order valence-electron chi connectivity index (χ1n) is 13.0. The van der Waals surface area contributed by atoms with Crippen LogP contribution in [0.2, 0.25) is 25.7 Å². The average molecular weight is 674 g/mol. The highest BCUT2D eigenvalue weighted by Gasteiger charge is 2.30. The van der Waals surface area contributed by atoms with Crippen molar-refractivity contribution in [1.82, 2.24) is 5.32 Å². The number of carbonyl (C=O) groups excluding carboxylic acids is 2. The minimum Gasteiger partial charge on any atom is -0.480 e. The summed E-state index contributed by atoms with van der Waals surface area (Å²) in [6, 6.07) is 20.6. The molecule has 1 aliphatic carbocycles. The first kappa shape index (κ1) is 29.6. The number of nitrogens with one attached hydrogen (secondary N) is 1. The van der Waals surface area contributed by atoms with Gasteiger partial charge < -0.3 is 24.6 Å². The fourth-order valence-electron chi connectivity index (χ4n) is 4.53. The number of carbonyl (C=O) groups is 3. The quantitative estimate of drug-likeness (QED) is 0.107. The number of hydrogen-bond acceptors (Lipinski definition) is 6. The lowest BCUT2D eigenvalue weighted by Crippen LogP contribution is -2.42. The van der Waals surface area contributed by atoms with E-state index in [9.17, 15) is 19.5 Å². The molecule has 0 bridgehead atoms. The Balaban J connectivity index is 1.33. The van der Waals surface area contributed by atoms with E-state index in [1.807, 2.05) is 71.1 Å². The third kappa shape index (κ3) is 7.63. The first-order valence-corrected chi connectivity index (χ1v) is 17.8. The van der Waals surface area contributed by atoms with Crippen LogP contribution in [0.3, 0.4) is 0 Å². The molecule has 8 nitrogen and oxygen atoms in total. The molecule has 0 aromatic heterocycles. The number of carboxylic acid groups (broad SMARTS) is 1. The molecule has 0 heterocycles. The van der Waals surface area contributed by atoms with E-state index in [0.29, 0.717) is 21.5 Å². The normalized spacial score (nSPS) is 13.1. The second-order valence-corrected chi connectivity index (χ2v) is 17.6. The van der Waals surface area contributed by atoms with E-state index in [2.05, 4.69) is 25.0 Å². The van der Waals surface area contributed by atoms with Gasteiger partial charge in [-0.05, 0) is 68.6 Å². The molecule has 210 valence electrons. The molecule has 0 saturated heterocycles. The van der Waals surface area contributed by atoms with Crippen LogP contribution in [-0.2, 0) is 20.7 Å². The number of rotatable bonds is 10. The van der Waals surface area contributed by atoms with Crippen LogP contribution in [0.4, 0.5) is 9.59 Å². The third-order valence-electron chi connectivity index (χ3n) is 6.64. The van der Waals surface area contributed by atoms with Gasteiger partial charge in [0, 0.05) is 20.4 Å². The molecule has 10 heteroatoms. The first-order chi connectivity index (χ1) is 19.0. The molecule has 4 rings (SSSR count). The van der Waals surface area contributed by atoms with E-state index in [0.717, 1.165) is 28.3 Å². The molecule has 1 atom stereocenters. The highest BCUT2D eigenvalue weighted by molar-refractivity contribution is 14.1. The maximum Gasteiger partial charge on any atom is 0.513 e. The lowest BCUT2D eigenvalue weighted by Gasteiger charge is -2.18. The van der Waals surface area contributed by atoms with Gasteiger partial charge >= 0.3 is 18.2 Å². The monoisotopic (exact) mass is 673 g/mol. The van der Waals surface area contributed by atoms with Gasteiger partial charge in [-0.1, -0.05) is 74.2 Å². The Bertz CT molecular complexity index is 1360. The highest BCUT2D eigenvalue weighted by Crippen LogP contribution is 2.44. The number of hydrogen-bond donors (Lipinski definition) is 2. The Labute approximate surface area is 248 Å². The van der Waals surface area contributed by atoms with E-state index in [1.165, 1.54) is 0 Å². The average Bonchev–Trinajstić information content (AvgIpc) is 3.21. The molecule has 3 aromatic carbocycles. The Kier molecular flexibility index (Phi) is 9.51. The topological polar surface area (TPSA) is 111 Å². The number of aliphatic carboxylic acids is 1. The zero-order valence-electron chi connectivity index (χ0n) is 22.6. The van der Waals surface area contributed by atoms with E-state index in [1.54, 1.807) is 18.2 Å². The zero-order chi connectivity index (χ0) is 28.9. The lowest BCUT2D eigenvalue weighted by molar-refractivity contribution is -0.139. The maximum absolute atomic E-state index is 12.7. The van der Waals surface area contributed by atoms with Crippen LogP contribution < -0.4 is 10.1 Å². The summed E-state index contributed by atoms with van der Waals surface area (Å²) >= 11 is 2.01. The van der Waals surface area contributed by atoms with Gasteiger partial charge in [-0.15, -0.1) is 0 Å². The number of amides is 1. The van der Waals surface area contributed by atoms with Gasteiger partial charge in [0.15, 0.2) is 0 Å². The van der Waals surface area contributed by atoms with Crippen molar-refractivity contribution < 1.29 is 33.7 Å². The van der Waals surface area contributed by atoms with E-state index in [-0.39, 0.29) is 18.9 Å². The van der Waals surface area contributed by atoms with Crippen molar-refractivity contribution in [3.05, 3.63) is 87.0 Å². The molecule has 0 unspecified atom stereocenters. The minimum atomic E-state index is -1.33. The summed E-state index contributed by atoms with van der Waals surface area (Å²) in [6.07, 6.45) is -1.55. The van der Waals surface area contributed by atoms with Crippen molar-refractivity contribution in [2.45, 2.75) is 44.1 Å². The molecule has 3 aromatic rings. The number of ether oxygens (including phenoxy) is 3. The summed E-state index contributed by atoms with van der Waals surface area (Å²) in [4.78, 5) is 36.6. The maximum atomic E-state index is 12.7. The number of fused-ring (bicyclic) bond motifs is 3. The molecule has 0 aliphatic heterocycles. The molecule has 1 amide bonds. The Morgan fingerprint density at radius 1 is 0.950 bits per heavy atom. The third-order valence-corrected chi connectivity index (χ3v) is 9.18. The van der Waals surface area contributed by atoms with Crippen LogP contribution in [0.1, 0.15) is 22.6 Å². The van der Waals surface area contributed by atoms with Gasteiger partial charge in [-0.2, -0.15) is 0 Å². The van der Waals surface area contributed by atoms with Crippen LogP contribution in [0, 0.1) is 3.57 Å². The molecule has 0 spiro atoms. The van der Waals surface area contributed by atoms with Crippen molar-refractivity contribution in [2.24, 2.45) is 0 Å². The van der Waals surface area contributed by atoms with Crippen molar-refractivity contribution in [2.75, 3.05) is 13.2 Å². The summed E-state index contributed by atoms with van der Waals surface area (Å²) in [5, 5.41) is 12.2. The second-order valence-electron chi connectivity index (χ2n) is 10.8. The molecule has 0 fully saturated rings. The number of benzene rings is 3. The Morgan fingerprint density at radius 2 is 1.57 bits per heavy atom. The standard InChI is InChI=1S/C30H32INO7Si/c1-40(2,3)15-14-37-30(36)39-27-13-12-19(16-25(27)31)17-26(28(33)34)32-29(35)38-18-24-22-10-6-4-8-20(22)21-9-5-7-11-23(21)24/h4-13,16,24,26H,14-15,17-18H2,1-3H3,(H,32,35)(H,33,34)/t26-/m0/s1. The molecule has 2 N–H and O–H groups in total. The summed E-state index contributed by atoms with van der Waals surface area (Å²) in [6.45, 7) is 6.97. The van der Waals surface area contributed by atoms with Gasteiger partial charge in [0.05, 0.1) is 10.2 Å². The van der Waals surface area contributed by atoms with Crippen LogP contribution in [0.25, 0.3) is 11.1 Å². The molecule has 0 saturated carbocycles. The lowest BCUT2D eigenvalue weighted by atomic mass is 9.98. The van der Waals surface area contributed by atoms with Gasteiger partial charge in [0.2, 0.25) is 0 Å². The SMILES string of the molecule is C[Si](C)(C)CCOC(=O)Oc1ccc(C[C@H](NC(=O)OCC2c3ccccc3-c3ccccc32)C(=O)O)cc1I. The highest BCUT2D eigenvalue weighted by atomic mass is 127. The fraction of sp³-hybridized carbons (Fsp3) is 0.300. The van der Waals surface area contributed by atoms with Gasteiger partial charge in [0.25, 0.3) is 0 Å². The molecular weight excluding hydrogens is 641 g/mol. The van der Waals surface area contributed by atoms with Crippen LogP contribution in [0.15, 0.2) is 66.7 Å². The van der Waals surface area contributed by atoms with Gasteiger partial charge in [-0.3, -0.25) is 0 Å². The van der Waals surface area contributed by atoms with E-state index >= 15 is 0 Å². The zero-order valence-corrected chi connectivity index (χ0v) is 25.8. The summed E-state index contributed by atoms with van der Waals surface area (Å²) < 4.78 is 16.6. The van der Waals surface area contributed by atoms with Crippen LogP contribution >= 0.6 is 22.6 Å². The van der Waals surface area contributed by atoms with E-state index < -0.39 is 32.3 Å². The Morgan fingerprint density at radius 3 is 2.15 bits per heavy atom. The number of alkyl carbamates (subject to hydrolysis) is 1. The van der Waals surface area contributed by atoms with Crippen molar-refractivity contribution in [3.63, 3.8) is 0 Å². The summed E-state index contributed by atoms with van der Waals surface area (Å²) in [5.41, 5.74) is 5.01. The molecular formula is C30H32INO7Si. The number of carboxylic acids is 1. The van der Waals surface area contributed by atoms with Crippen molar-refractivity contribution in [1.29, 1.82) is 0 Å². The predicted molar refractivity (Wildman–Crippen MR) is 163 cm³/mol. The van der Waals surface area contributed by atoms with Crippen LogP contribution in [-0.4, -0.2) is 50.7 Å². The van der Waals surface area contributed by atoms with Crippen LogP contribution in [0.5, 0.6) is 5.75 Å². The minimum absolute atomic E-state index is 0.0243. The summed E-state index contributed by atoms with van der Waals surface area (Å²) in [7, 11) is -1.33. The van der Waals surface area contributed by atoms with Crippen molar-refractivity contribution in [3.8, 4) is 16.9 Å². The fourth-order valence-corrected chi connectivity index (χ4v) is 5.94. The van der Waals surface area contributed by atoms with Gasteiger partial charge in [-0.25, -0.2) is 14.4 Å². The summed E-state index contributed by atoms with van der Waals surface area (Å²) in [5.74, 6) is -0.994. The Hall–Kier alpha value is -3.38. The predicted octanol–water partition coefficient (Wildman–Crippen LogP) is 6.68.